The molecule has 1 saturated heterocycles. The molecule has 0 bridgehead atoms. The lowest BCUT2D eigenvalue weighted by Gasteiger charge is -2.24. The van der Waals surface area contributed by atoms with Crippen LogP contribution in [0.15, 0.2) is 66.9 Å². The first-order valence-corrected chi connectivity index (χ1v) is 9.88. The fourth-order valence-electron chi connectivity index (χ4n) is 3.86. The van der Waals surface area contributed by atoms with Gasteiger partial charge < -0.3 is 15.4 Å². The molecule has 1 aliphatic rings. The number of ether oxygens (including phenoxy) is 1. The van der Waals surface area contributed by atoms with E-state index in [1.165, 1.54) is 0 Å². The molecule has 1 aromatic heterocycles. The number of carbonyl (C=O) groups excluding carboxylic acids is 2. The number of likely N-dealkylation sites (tertiary alicyclic amines) is 1. The van der Waals surface area contributed by atoms with Crippen LogP contribution in [0.1, 0.15) is 45.3 Å². The summed E-state index contributed by atoms with van der Waals surface area (Å²) in [6, 6.07) is 18.2. The summed E-state index contributed by atoms with van der Waals surface area (Å²) in [6.07, 6.45) is 3.59. The molecular weight excluding hydrogens is 378 g/mol. The quantitative estimate of drug-likeness (QED) is 0.704. The van der Waals surface area contributed by atoms with E-state index >= 15 is 0 Å². The molecule has 0 saturated carbocycles. The molecule has 2 amide bonds. The smallest absolute Gasteiger partial charge is 0.254 e. The van der Waals surface area contributed by atoms with Gasteiger partial charge in [-0.05, 0) is 54.8 Å². The molecule has 30 heavy (non-hydrogen) atoms. The summed E-state index contributed by atoms with van der Waals surface area (Å²) in [5.74, 6) is 0.188. The third-order valence-corrected chi connectivity index (χ3v) is 5.44. The summed E-state index contributed by atoms with van der Waals surface area (Å²) < 4.78 is 5.25. The van der Waals surface area contributed by atoms with Crippen LogP contribution in [0.3, 0.4) is 0 Å². The topological polar surface area (TPSA) is 85.5 Å². The standard InChI is InChI=1S/C24H23N3O3/c1-30-20-8-3-7-18(14-20)24(29)27-12-4-9-22(27)21-11-10-19(15-26-21)16-5-2-6-17(13-16)23(25)28/h2-3,5-8,10-11,13-15,22H,4,9,12H2,1H3,(H2,25,28). The monoisotopic (exact) mass is 401 g/mol. The van der Waals surface area contributed by atoms with Crippen molar-refractivity contribution in [3.8, 4) is 16.9 Å². The van der Waals surface area contributed by atoms with Gasteiger partial charge in [-0.1, -0.05) is 24.3 Å². The number of hydrogen-bond acceptors (Lipinski definition) is 4. The summed E-state index contributed by atoms with van der Waals surface area (Å²) in [4.78, 5) is 31.0. The molecule has 0 aliphatic carbocycles. The minimum atomic E-state index is -0.459. The summed E-state index contributed by atoms with van der Waals surface area (Å²) >= 11 is 0. The van der Waals surface area contributed by atoms with Gasteiger partial charge in [-0.15, -0.1) is 0 Å². The number of nitrogens with zero attached hydrogens (tertiary/aromatic N) is 2. The lowest BCUT2D eigenvalue weighted by molar-refractivity contribution is 0.0732. The van der Waals surface area contributed by atoms with E-state index in [9.17, 15) is 9.59 Å². The third kappa shape index (κ3) is 3.89. The number of hydrogen-bond donors (Lipinski definition) is 1. The maximum Gasteiger partial charge on any atom is 0.254 e. The summed E-state index contributed by atoms with van der Waals surface area (Å²) in [7, 11) is 1.59. The fourth-order valence-corrected chi connectivity index (χ4v) is 3.86. The normalized spacial score (nSPS) is 15.8. The zero-order chi connectivity index (χ0) is 21.1. The Morgan fingerprint density at radius 2 is 1.83 bits per heavy atom. The number of methoxy groups -OCH3 is 1. The van der Waals surface area contributed by atoms with Gasteiger partial charge in [-0.25, -0.2) is 0 Å². The van der Waals surface area contributed by atoms with Crippen molar-refractivity contribution in [2.24, 2.45) is 5.73 Å². The van der Waals surface area contributed by atoms with Gasteiger partial charge in [-0.3, -0.25) is 14.6 Å². The number of nitrogens with two attached hydrogens (primary N) is 1. The van der Waals surface area contributed by atoms with Crippen molar-refractivity contribution >= 4 is 11.8 Å². The molecular formula is C24H23N3O3. The lowest BCUT2D eigenvalue weighted by atomic mass is 10.0. The second-order valence-electron chi connectivity index (χ2n) is 7.31. The van der Waals surface area contributed by atoms with E-state index in [0.717, 1.165) is 29.7 Å². The highest BCUT2D eigenvalue weighted by Crippen LogP contribution is 2.33. The number of rotatable bonds is 5. The molecule has 1 unspecified atom stereocenters. The highest BCUT2D eigenvalue weighted by molar-refractivity contribution is 5.95. The van der Waals surface area contributed by atoms with Gasteiger partial charge in [0.1, 0.15) is 5.75 Å². The number of carbonyl (C=O) groups is 2. The van der Waals surface area contributed by atoms with Crippen LogP contribution in [0.4, 0.5) is 0 Å². The molecule has 3 aromatic rings. The van der Waals surface area contributed by atoms with E-state index < -0.39 is 5.91 Å². The van der Waals surface area contributed by atoms with E-state index in [4.69, 9.17) is 10.5 Å². The summed E-state index contributed by atoms with van der Waals surface area (Å²) in [6.45, 7) is 0.699. The first-order chi connectivity index (χ1) is 14.6. The van der Waals surface area contributed by atoms with E-state index in [-0.39, 0.29) is 11.9 Å². The Morgan fingerprint density at radius 1 is 1.03 bits per heavy atom. The minimum absolute atomic E-state index is 0.0172. The van der Waals surface area contributed by atoms with E-state index in [1.54, 1.807) is 37.6 Å². The van der Waals surface area contributed by atoms with Crippen LogP contribution >= 0.6 is 0 Å². The molecule has 4 rings (SSSR count). The van der Waals surface area contributed by atoms with Crippen molar-refractivity contribution in [3.05, 3.63) is 83.7 Å². The van der Waals surface area contributed by atoms with Crippen molar-refractivity contribution in [1.82, 2.24) is 9.88 Å². The average Bonchev–Trinajstić information content (AvgIpc) is 3.28. The molecule has 2 heterocycles. The summed E-state index contributed by atoms with van der Waals surface area (Å²) in [5.41, 5.74) is 9.08. The number of amides is 2. The van der Waals surface area contributed by atoms with Crippen LogP contribution in [0, 0.1) is 0 Å². The lowest BCUT2D eigenvalue weighted by Crippen LogP contribution is -2.31. The van der Waals surface area contributed by atoms with Gasteiger partial charge in [0, 0.05) is 29.4 Å². The van der Waals surface area contributed by atoms with Gasteiger partial charge >= 0.3 is 0 Å². The van der Waals surface area contributed by atoms with Crippen molar-refractivity contribution < 1.29 is 14.3 Å². The van der Waals surface area contributed by atoms with E-state index in [2.05, 4.69) is 4.98 Å². The Balaban J connectivity index is 1.56. The molecule has 1 aliphatic heterocycles. The molecule has 2 aromatic carbocycles. The van der Waals surface area contributed by atoms with Gasteiger partial charge in [-0.2, -0.15) is 0 Å². The van der Waals surface area contributed by atoms with Crippen LogP contribution < -0.4 is 10.5 Å². The molecule has 0 spiro atoms. The molecule has 6 nitrogen and oxygen atoms in total. The Labute approximate surface area is 175 Å². The van der Waals surface area contributed by atoms with E-state index in [1.807, 2.05) is 41.3 Å². The molecule has 2 N–H and O–H groups in total. The average molecular weight is 401 g/mol. The molecule has 0 radical (unpaired) electrons. The SMILES string of the molecule is COc1cccc(C(=O)N2CCCC2c2ccc(-c3cccc(C(N)=O)c3)cn2)c1. The number of pyridine rings is 1. The maximum absolute atomic E-state index is 13.1. The third-order valence-electron chi connectivity index (χ3n) is 5.44. The van der Waals surface area contributed by atoms with Gasteiger partial charge in [0.15, 0.2) is 0 Å². The van der Waals surface area contributed by atoms with Crippen molar-refractivity contribution in [2.45, 2.75) is 18.9 Å². The van der Waals surface area contributed by atoms with Gasteiger partial charge in [0.25, 0.3) is 5.91 Å². The highest BCUT2D eigenvalue weighted by Gasteiger charge is 2.31. The van der Waals surface area contributed by atoms with Crippen molar-refractivity contribution in [3.63, 3.8) is 0 Å². The first-order valence-electron chi connectivity index (χ1n) is 9.88. The van der Waals surface area contributed by atoms with Crippen LogP contribution in [-0.2, 0) is 0 Å². The fraction of sp³-hybridized carbons (Fsp3) is 0.208. The Morgan fingerprint density at radius 3 is 2.57 bits per heavy atom. The Bertz CT molecular complexity index is 1080. The van der Waals surface area contributed by atoms with Crippen molar-refractivity contribution in [2.75, 3.05) is 13.7 Å². The molecule has 152 valence electrons. The number of aromatic nitrogens is 1. The highest BCUT2D eigenvalue weighted by atomic mass is 16.5. The van der Waals surface area contributed by atoms with Crippen LogP contribution in [0.2, 0.25) is 0 Å². The van der Waals surface area contributed by atoms with Crippen molar-refractivity contribution in [1.29, 1.82) is 0 Å². The van der Waals surface area contributed by atoms with E-state index in [0.29, 0.717) is 23.4 Å². The van der Waals surface area contributed by atoms with Crippen LogP contribution in [0.25, 0.3) is 11.1 Å². The van der Waals surface area contributed by atoms with Gasteiger partial charge in [0.05, 0.1) is 18.8 Å². The first kappa shape index (κ1) is 19.6. The second kappa shape index (κ2) is 8.37. The predicted molar refractivity (Wildman–Crippen MR) is 114 cm³/mol. The maximum atomic E-state index is 13.1. The Kier molecular flexibility index (Phi) is 5.48. The molecule has 6 heteroatoms. The molecule has 1 fully saturated rings. The number of primary amides is 1. The zero-order valence-electron chi connectivity index (χ0n) is 16.7. The minimum Gasteiger partial charge on any atom is -0.497 e. The largest absolute Gasteiger partial charge is 0.497 e. The molecule has 1 atom stereocenters. The second-order valence-corrected chi connectivity index (χ2v) is 7.31. The van der Waals surface area contributed by atoms with Crippen LogP contribution in [-0.4, -0.2) is 35.4 Å². The predicted octanol–water partition coefficient (Wildman–Crippen LogP) is 3.83. The summed E-state index contributed by atoms with van der Waals surface area (Å²) in [5, 5.41) is 0. The number of benzene rings is 2. The van der Waals surface area contributed by atoms with Gasteiger partial charge in [0.2, 0.25) is 5.91 Å². The zero-order valence-corrected chi connectivity index (χ0v) is 16.7. The Hall–Kier alpha value is -3.67. The van der Waals surface area contributed by atoms with Crippen LogP contribution in [0.5, 0.6) is 5.75 Å².